The quantitative estimate of drug-likeness (QED) is 0.600. The minimum Gasteiger partial charge on any atom is -0.408 e. The fourth-order valence-corrected chi connectivity index (χ4v) is 3.88. The van der Waals surface area contributed by atoms with Crippen LogP contribution < -0.4 is 10.7 Å². The van der Waals surface area contributed by atoms with Gasteiger partial charge in [0.25, 0.3) is 0 Å². The molecule has 1 fully saturated rings. The van der Waals surface area contributed by atoms with E-state index in [-0.39, 0.29) is 5.76 Å². The van der Waals surface area contributed by atoms with E-state index in [4.69, 9.17) is 4.42 Å². The molecular weight excluding hydrogens is 338 g/mol. The van der Waals surface area contributed by atoms with Crippen LogP contribution >= 0.6 is 0 Å². The normalized spacial score (nSPS) is 15.5. The molecule has 1 aromatic heterocycles. The summed E-state index contributed by atoms with van der Waals surface area (Å²) in [4.78, 5) is 17.0. The Labute approximate surface area is 159 Å². The lowest BCUT2D eigenvalue weighted by molar-refractivity contribution is 0.251. The van der Waals surface area contributed by atoms with Crippen LogP contribution in [0.5, 0.6) is 0 Å². The Balaban J connectivity index is 1.18. The van der Waals surface area contributed by atoms with Crippen molar-refractivity contribution >= 4 is 16.8 Å². The molecule has 0 spiro atoms. The summed E-state index contributed by atoms with van der Waals surface area (Å²) in [6.45, 7) is 6.32. The van der Waals surface area contributed by atoms with Gasteiger partial charge in [0, 0.05) is 38.4 Å². The predicted molar refractivity (Wildman–Crippen MR) is 109 cm³/mol. The van der Waals surface area contributed by atoms with E-state index in [1.807, 2.05) is 24.3 Å². The molecule has 0 N–H and O–H groups in total. The van der Waals surface area contributed by atoms with Crippen molar-refractivity contribution in [3.8, 4) is 0 Å². The van der Waals surface area contributed by atoms with Crippen LogP contribution in [-0.2, 0) is 6.54 Å². The number of anilines is 1. The van der Waals surface area contributed by atoms with Gasteiger partial charge in [-0.1, -0.05) is 36.8 Å². The lowest BCUT2D eigenvalue weighted by atomic mass is 10.2. The first-order chi connectivity index (χ1) is 13.3. The van der Waals surface area contributed by atoms with Gasteiger partial charge in [0.1, 0.15) is 0 Å². The van der Waals surface area contributed by atoms with E-state index in [1.54, 1.807) is 4.57 Å². The molecule has 0 amide bonds. The van der Waals surface area contributed by atoms with Gasteiger partial charge in [-0.15, -0.1) is 0 Å². The zero-order valence-electron chi connectivity index (χ0n) is 15.7. The molecule has 1 saturated heterocycles. The zero-order valence-corrected chi connectivity index (χ0v) is 15.7. The van der Waals surface area contributed by atoms with Gasteiger partial charge in [0.15, 0.2) is 5.58 Å². The minimum atomic E-state index is -0.242. The molecule has 0 aliphatic carbocycles. The summed E-state index contributed by atoms with van der Waals surface area (Å²) in [5.41, 5.74) is 2.91. The molecule has 0 atom stereocenters. The lowest BCUT2D eigenvalue weighted by Crippen LogP contribution is -2.46. The van der Waals surface area contributed by atoms with Gasteiger partial charge in [-0.05, 0) is 43.7 Å². The number of hydrogen-bond acceptors (Lipinski definition) is 4. The first kappa shape index (κ1) is 17.9. The molecule has 4 rings (SSSR count). The Morgan fingerprint density at radius 2 is 1.48 bits per heavy atom. The van der Waals surface area contributed by atoms with Crippen LogP contribution in [0.25, 0.3) is 11.1 Å². The highest BCUT2D eigenvalue weighted by Gasteiger charge is 2.16. The molecule has 27 heavy (non-hydrogen) atoms. The van der Waals surface area contributed by atoms with Crippen molar-refractivity contribution in [1.29, 1.82) is 0 Å². The molecule has 5 nitrogen and oxygen atoms in total. The van der Waals surface area contributed by atoms with Crippen LogP contribution in [0.4, 0.5) is 5.69 Å². The average molecular weight is 365 g/mol. The monoisotopic (exact) mass is 365 g/mol. The second-order valence-corrected chi connectivity index (χ2v) is 7.21. The van der Waals surface area contributed by atoms with Crippen molar-refractivity contribution in [2.45, 2.75) is 25.8 Å². The summed E-state index contributed by atoms with van der Waals surface area (Å²) in [6.07, 6.45) is 3.31. The highest BCUT2D eigenvalue weighted by molar-refractivity contribution is 5.72. The molecule has 0 radical (unpaired) electrons. The molecule has 2 aromatic carbocycles. The topological polar surface area (TPSA) is 41.6 Å². The third-order valence-electron chi connectivity index (χ3n) is 5.42. The molecule has 0 unspecified atom stereocenters. The number of benzene rings is 2. The highest BCUT2D eigenvalue weighted by Crippen LogP contribution is 2.16. The Hall–Kier alpha value is -2.53. The van der Waals surface area contributed by atoms with Crippen LogP contribution in [0, 0.1) is 0 Å². The van der Waals surface area contributed by atoms with Crippen molar-refractivity contribution in [2.24, 2.45) is 0 Å². The number of fused-ring (bicyclic) bond motifs is 1. The van der Waals surface area contributed by atoms with Crippen LogP contribution in [0.15, 0.2) is 63.8 Å². The largest absolute Gasteiger partial charge is 0.419 e. The van der Waals surface area contributed by atoms with Crippen LogP contribution in [0.3, 0.4) is 0 Å². The predicted octanol–water partition coefficient (Wildman–Crippen LogP) is 3.59. The maximum atomic E-state index is 12.0. The molecule has 0 bridgehead atoms. The summed E-state index contributed by atoms with van der Waals surface area (Å²) < 4.78 is 7.05. The Kier molecular flexibility index (Phi) is 5.58. The van der Waals surface area contributed by atoms with Crippen molar-refractivity contribution in [3.63, 3.8) is 0 Å². The summed E-state index contributed by atoms with van der Waals surface area (Å²) in [5, 5.41) is 0. The summed E-state index contributed by atoms with van der Waals surface area (Å²) in [5.74, 6) is -0.242. The SMILES string of the molecule is O=c1oc2ccccc2n1CCCCCN1CCN(c2ccccc2)CC1. The Bertz CT molecular complexity index is 908. The van der Waals surface area contributed by atoms with Crippen LogP contribution in [-0.4, -0.2) is 42.2 Å². The van der Waals surface area contributed by atoms with E-state index in [2.05, 4.69) is 40.1 Å². The number of unbranched alkanes of at least 4 members (excludes halogenated alkanes) is 2. The fourth-order valence-electron chi connectivity index (χ4n) is 3.88. The number of hydrogen-bond donors (Lipinski definition) is 0. The maximum absolute atomic E-state index is 12.0. The van der Waals surface area contributed by atoms with Crippen LogP contribution in [0.2, 0.25) is 0 Å². The van der Waals surface area contributed by atoms with Crippen molar-refractivity contribution in [1.82, 2.24) is 9.47 Å². The number of piperazine rings is 1. The third kappa shape index (κ3) is 4.25. The maximum Gasteiger partial charge on any atom is 0.419 e. The number of nitrogens with zero attached hydrogens (tertiary/aromatic N) is 3. The van der Waals surface area contributed by atoms with E-state index >= 15 is 0 Å². The van der Waals surface area contributed by atoms with Gasteiger partial charge in [-0.3, -0.25) is 9.47 Å². The van der Waals surface area contributed by atoms with Crippen molar-refractivity contribution < 1.29 is 4.42 Å². The van der Waals surface area contributed by atoms with Crippen molar-refractivity contribution in [3.05, 3.63) is 65.1 Å². The van der Waals surface area contributed by atoms with Gasteiger partial charge < -0.3 is 9.32 Å². The van der Waals surface area contributed by atoms with Gasteiger partial charge in [0.2, 0.25) is 0 Å². The standard InChI is InChI=1S/C22H27N3O2/c26-22-25(20-11-5-6-12-21(20)27-22)14-8-2-7-13-23-15-17-24(18-16-23)19-9-3-1-4-10-19/h1,3-6,9-12H,2,7-8,13-18H2. The third-order valence-corrected chi connectivity index (χ3v) is 5.42. The summed E-state index contributed by atoms with van der Waals surface area (Å²) in [7, 11) is 0. The summed E-state index contributed by atoms with van der Waals surface area (Å²) in [6, 6.07) is 18.3. The number of para-hydroxylation sites is 3. The molecular formula is C22H27N3O2. The van der Waals surface area contributed by atoms with E-state index in [9.17, 15) is 4.79 Å². The zero-order chi connectivity index (χ0) is 18.5. The van der Waals surface area contributed by atoms with Gasteiger partial charge in [0.05, 0.1) is 5.52 Å². The average Bonchev–Trinajstić information content (AvgIpc) is 3.04. The molecule has 0 saturated carbocycles. The number of aromatic nitrogens is 1. The molecule has 5 heteroatoms. The fraction of sp³-hybridized carbons (Fsp3) is 0.409. The van der Waals surface area contributed by atoms with Gasteiger partial charge in [-0.2, -0.15) is 0 Å². The van der Waals surface area contributed by atoms with E-state index in [0.717, 1.165) is 57.6 Å². The van der Waals surface area contributed by atoms with E-state index in [1.165, 1.54) is 12.1 Å². The highest BCUT2D eigenvalue weighted by atomic mass is 16.4. The van der Waals surface area contributed by atoms with Gasteiger partial charge >= 0.3 is 5.76 Å². The first-order valence-corrected chi connectivity index (χ1v) is 9.92. The molecule has 3 aromatic rings. The second-order valence-electron chi connectivity index (χ2n) is 7.21. The molecule has 2 heterocycles. The number of rotatable bonds is 7. The Morgan fingerprint density at radius 1 is 0.778 bits per heavy atom. The smallest absolute Gasteiger partial charge is 0.408 e. The van der Waals surface area contributed by atoms with E-state index < -0.39 is 0 Å². The molecule has 1 aliphatic rings. The number of aryl methyl sites for hydroxylation is 1. The minimum absolute atomic E-state index is 0.242. The van der Waals surface area contributed by atoms with Crippen molar-refractivity contribution in [2.75, 3.05) is 37.6 Å². The summed E-state index contributed by atoms with van der Waals surface area (Å²) >= 11 is 0. The van der Waals surface area contributed by atoms with E-state index in [0.29, 0.717) is 5.58 Å². The Morgan fingerprint density at radius 3 is 2.30 bits per heavy atom. The molecule has 142 valence electrons. The van der Waals surface area contributed by atoms with Crippen LogP contribution in [0.1, 0.15) is 19.3 Å². The first-order valence-electron chi connectivity index (χ1n) is 9.92. The van der Waals surface area contributed by atoms with Gasteiger partial charge in [-0.25, -0.2) is 4.79 Å². The molecule has 1 aliphatic heterocycles. The number of oxazole rings is 1. The lowest BCUT2D eigenvalue weighted by Gasteiger charge is -2.36. The second kappa shape index (κ2) is 8.44.